The molecule has 1 aromatic carbocycles. The Balaban J connectivity index is 1.36. The number of carbonyl (C=O) groups excluding carboxylic acids is 1. The zero-order valence-electron chi connectivity index (χ0n) is 16.7. The van der Waals surface area contributed by atoms with Crippen molar-refractivity contribution in [2.45, 2.75) is 32.4 Å². The highest BCUT2D eigenvalue weighted by Crippen LogP contribution is 2.33. The maximum atomic E-state index is 13.3. The van der Waals surface area contributed by atoms with Crippen molar-refractivity contribution in [3.8, 4) is 0 Å². The molecule has 3 aromatic rings. The third-order valence-electron chi connectivity index (χ3n) is 5.97. The van der Waals surface area contributed by atoms with E-state index in [9.17, 15) is 4.79 Å². The van der Waals surface area contributed by atoms with Gasteiger partial charge in [0, 0.05) is 31.7 Å². The Bertz CT molecular complexity index is 985. The number of para-hydroxylation sites is 2. The van der Waals surface area contributed by atoms with Crippen LogP contribution in [0, 0.1) is 6.92 Å². The van der Waals surface area contributed by atoms with Crippen LogP contribution < -0.4 is 0 Å². The number of H-pyrrole nitrogens is 1. The molecule has 0 aliphatic carbocycles. The smallest absolute Gasteiger partial charge is 0.290 e. The maximum Gasteiger partial charge on any atom is 0.290 e. The molecule has 1 atom stereocenters. The number of furan rings is 1. The molecule has 7 nitrogen and oxygen atoms in total. The van der Waals surface area contributed by atoms with Crippen molar-refractivity contribution in [3.05, 3.63) is 53.2 Å². The van der Waals surface area contributed by atoms with Crippen molar-refractivity contribution in [1.82, 2.24) is 19.8 Å². The lowest BCUT2D eigenvalue weighted by atomic mass is 10.2. The summed E-state index contributed by atoms with van der Waals surface area (Å²) in [5.74, 6) is 2.05. The summed E-state index contributed by atoms with van der Waals surface area (Å²) in [5, 5.41) is 0. The predicted molar refractivity (Wildman–Crippen MR) is 109 cm³/mol. The lowest BCUT2D eigenvalue weighted by molar-refractivity contribution is 0.0340. The number of carbonyl (C=O) groups is 1. The standard InChI is InChI=1S/C22H26N4O3/c1-15-16(14-25-9-11-28-12-10-25)13-20(29-15)22(27)26-8-4-7-19(26)21-23-17-5-2-3-6-18(17)24-21/h2-3,5-6,13,19H,4,7-12,14H2,1H3,(H,23,24)/t19-/m1/s1. The summed E-state index contributed by atoms with van der Waals surface area (Å²) in [6.07, 6.45) is 1.87. The molecule has 0 spiro atoms. The Morgan fingerprint density at radius 3 is 2.90 bits per heavy atom. The van der Waals surface area contributed by atoms with Gasteiger partial charge >= 0.3 is 0 Å². The van der Waals surface area contributed by atoms with Gasteiger partial charge in [-0.3, -0.25) is 9.69 Å². The molecule has 2 fully saturated rings. The van der Waals surface area contributed by atoms with Crippen molar-refractivity contribution >= 4 is 16.9 Å². The van der Waals surface area contributed by atoms with Crippen LogP contribution in [-0.4, -0.2) is 58.5 Å². The number of imidazole rings is 1. The maximum absolute atomic E-state index is 13.3. The van der Waals surface area contributed by atoms with Crippen LogP contribution in [0.25, 0.3) is 11.0 Å². The minimum absolute atomic E-state index is 0.0389. The number of nitrogens with zero attached hydrogens (tertiary/aromatic N) is 3. The molecule has 1 N–H and O–H groups in total. The number of likely N-dealkylation sites (tertiary alicyclic amines) is 1. The molecule has 4 heterocycles. The number of fused-ring (bicyclic) bond motifs is 1. The number of aryl methyl sites for hydroxylation is 1. The molecule has 2 aliphatic heterocycles. The van der Waals surface area contributed by atoms with Gasteiger partial charge in [0.25, 0.3) is 5.91 Å². The molecular weight excluding hydrogens is 368 g/mol. The second kappa shape index (κ2) is 7.65. The second-order valence-corrected chi connectivity index (χ2v) is 7.88. The Morgan fingerprint density at radius 1 is 1.24 bits per heavy atom. The average Bonchev–Trinajstić information content (AvgIpc) is 3.46. The predicted octanol–water partition coefficient (Wildman–Crippen LogP) is 3.27. The Morgan fingerprint density at radius 2 is 2.07 bits per heavy atom. The fourth-order valence-corrected chi connectivity index (χ4v) is 4.35. The first kappa shape index (κ1) is 18.4. The zero-order valence-corrected chi connectivity index (χ0v) is 16.7. The molecule has 0 saturated carbocycles. The third kappa shape index (κ3) is 3.56. The Kier molecular flexibility index (Phi) is 4.85. The monoisotopic (exact) mass is 394 g/mol. The van der Waals surface area contributed by atoms with Gasteiger partial charge in [0.05, 0.1) is 30.3 Å². The molecule has 2 saturated heterocycles. The lowest BCUT2D eigenvalue weighted by Crippen LogP contribution is -2.35. The van der Waals surface area contributed by atoms with E-state index < -0.39 is 0 Å². The normalized spacial score (nSPS) is 20.6. The van der Waals surface area contributed by atoms with Crippen LogP contribution in [0.4, 0.5) is 0 Å². The van der Waals surface area contributed by atoms with E-state index in [-0.39, 0.29) is 11.9 Å². The minimum atomic E-state index is -0.0516. The van der Waals surface area contributed by atoms with Crippen molar-refractivity contribution in [1.29, 1.82) is 0 Å². The van der Waals surface area contributed by atoms with Gasteiger partial charge in [-0.2, -0.15) is 0 Å². The van der Waals surface area contributed by atoms with E-state index in [1.807, 2.05) is 42.2 Å². The molecule has 0 unspecified atom stereocenters. The number of hydrogen-bond acceptors (Lipinski definition) is 5. The van der Waals surface area contributed by atoms with Gasteiger partial charge in [-0.15, -0.1) is 0 Å². The molecule has 5 rings (SSSR count). The molecule has 152 valence electrons. The van der Waals surface area contributed by atoms with Crippen molar-refractivity contribution < 1.29 is 13.9 Å². The van der Waals surface area contributed by atoms with E-state index in [0.29, 0.717) is 5.76 Å². The molecule has 2 aliphatic rings. The van der Waals surface area contributed by atoms with Crippen LogP contribution in [-0.2, 0) is 11.3 Å². The number of nitrogens with one attached hydrogen (secondary N) is 1. The fraction of sp³-hybridized carbons (Fsp3) is 0.455. The van der Waals surface area contributed by atoms with E-state index in [1.165, 1.54) is 0 Å². The van der Waals surface area contributed by atoms with E-state index in [2.05, 4.69) is 9.88 Å². The number of rotatable bonds is 4. The lowest BCUT2D eigenvalue weighted by Gasteiger charge is -2.26. The van der Waals surface area contributed by atoms with E-state index in [1.54, 1.807) is 0 Å². The van der Waals surface area contributed by atoms with Gasteiger partial charge in [-0.05, 0) is 38.0 Å². The zero-order chi connectivity index (χ0) is 19.8. The van der Waals surface area contributed by atoms with Gasteiger partial charge in [0.1, 0.15) is 11.6 Å². The number of hydrogen-bond donors (Lipinski definition) is 1. The van der Waals surface area contributed by atoms with Crippen LogP contribution in [0.2, 0.25) is 0 Å². The van der Waals surface area contributed by atoms with E-state index >= 15 is 0 Å². The Labute approximate surface area is 169 Å². The summed E-state index contributed by atoms with van der Waals surface area (Å²) >= 11 is 0. The molecule has 1 amide bonds. The van der Waals surface area contributed by atoms with Gasteiger partial charge < -0.3 is 19.0 Å². The van der Waals surface area contributed by atoms with Crippen molar-refractivity contribution in [2.75, 3.05) is 32.8 Å². The van der Waals surface area contributed by atoms with Crippen LogP contribution in [0.3, 0.4) is 0 Å². The van der Waals surface area contributed by atoms with Crippen molar-refractivity contribution in [3.63, 3.8) is 0 Å². The summed E-state index contributed by atoms with van der Waals surface area (Å²) in [7, 11) is 0. The van der Waals surface area contributed by atoms with Crippen molar-refractivity contribution in [2.24, 2.45) is 0 Å². The minimum Gasteiger partial charge on any atom is -0.456 e. The van der Waals surface area contributed by atoms with Crippen LogP contribution >= 0.6 is 0 Å². The highest BCUT2D eigenvalue weighted by Gasteiger charge is 2.34. The first-order valence-corrected chi connectivity index (χ1v) is 10.3. The molecule has 29 heavy (non-hydrogen) atoms. The number of aromatic amines is 1. The van der Waals surface area contributed by atoms with E-state index in [4.69, 9.17) is 14.1 Å². The van der Waals surface area contributed by atoms with Crippen LogP contribution in [0.15, 0.2) is 34.7 Å². The summed E-state index contributed by atoms with van der Waals surface area (Å²) in [4.78, 5) is 25.6. The number of amides is 1. The first-order chi connectivity index (χ1) is 14.2. The molecule has 0 bridgehead atoms. The number of ether oxygens (including phenoxy) is 1. The molecular formula is C22H26N4O3. The average molecular weight is 394 g/mol. The fourth-order valence-electron chi connectivity index (χ4n) is 4.35. The summed E-state index contributed by atoms with van der Waals surface area (Å²) in [6.45, 7) is 6.79. The summed E-state index contributed by atoms with van der Waals surface area (Å²) in [5.41, 5.74) is 3.02. The Hall–Kier alpha value is -2.64. The topological polar surface area (TPSA) is 74.6 Å². The first-order valence-electron chi connectivity index (χ1n) is 10.3. The summed E-state index contributed by atoms with van der Waals surface area (Å²) < 4.78 is 11.3. The quantitative estimate of drug-likeness (QED) is 0.735. The van der Waals surface area contributed by atoms with Crippen LogP contribution in [0.1, 0.15) is 46.6 Å². The largest absolute Gasteiger partial charge is 0.456 e. The molecule has 2 aromatic heterocycles. The number of aromatic nitrogens is 2. The van der Waals surface area contributed by atoms with Gasteiger partial charge in [-0.25, -0.2) is 4.98 Å². The van der Waals surface area contributed by atoms with Gasteiger partial charge in [0.2, 0.25) is 0 Å². The van der Waals surface area contributed by atoms with Crippen LogP contribution in [0.5, 0.6) is 0 Å². The highest BCUT2D eigenvalue weighted by atomic mass is 16.5. The number of benzene rings is 1. The van der Waals surface area contributed by atoms with Gasteiger partial charge in [-0.1, -0.05) is 12.1 Å². The number of morpholine rings is 1. The highest BCUT2D eigenvalue weighted by molar-refractivity contribution is 5.92. The molecule has 0 radical (unpaired) electrons. The molecule has 7 heteroatoms. The SMILES string of the molecule is Cc1oc(C(=O)N2CCC[C@@H]2c2nc3ccccc3[nH]2)cc1CN1CCOCC1. The summed E-state index contributed by atoms with van der Waals surface area (Å²) in [6, 6.07) is 9.85. The van der Waals surface area contributed by atoms with Gasteiger partial charge in [0.15, 0.2) is 5.76 Å². The van der Waals surface area contributed by atoms with E-state index in [0.717, 1.165) is 80.4 Å². The second-order valence-electron chi connectivity index (χ2n) is 7.88. The third-order valence-corrected chi connectivity index (χ3v) is 5.97.